The molecule has 0 aromatic heterocycles. The van der Waals surface area contributed by atoms with Crippen LogP contribution in [0.3, 0.4) is 0 Å². The van der Waals surface area contributed by atoms with Gasteiger partial charge in [-0.2, -0.15) is 0 Å². The number of rotatable bonds is 6. The van der Waals surface area contributed by atoms with E-state index in [1.807, 2.05) is 18.2 Å². The van der Waals surface area contributed by atoms with Crippen molar-refractivity contribution < 1.29 is 14.3 Å². The van der Waals surface area contributed by atoms with Crippen molar-refractivity contribution in [2.45, 2.75) is 24.7 Å². The lowest BCUT2D eigenvalue weighted by atomic mass is 9.76. The van der Waals surface area contributed by atoms with Crippen molar-refractivity contribution in [3.63, 3.8) is 0 Å². The molecule has 3 aliphatic rings. The molecule has 1 fully saturated rings. The molecule has 1 N–H and O–H groups in total. The molecule has 0 unspecified atom stereocenters. The number of carbonyl (C=O) groups excluding carboxylic acids is 1. The number of benzene rings is 4. The van der Waals surface area contributed by atoms with Gasteiger partial charge >= 0.3 is 0 Å². The van der Waals surface area contributed by atoms with E-state index in [4.69, 9.17) is 14.5 Å². The average Bonchev–Trinajstić information content (AvgIpc) is 3.40. The molecule has 0 aliphatic carbocycles. The van der Waals surface area contributed by atoms with Crippen LogP contribution in [0, 0.1) is 0 Å². The Balaban J connectivity index is 1.29. The van der Waals surface area contributed by atoms with Crippen LogP contribution in [0.15, 0.2) is 99.3 Å². The van der Waals surface area contributed by atoms with E-state index in [0.717, 1.165) is 41.7 Å². The third-order valence-corrected chi connectivity index (χ3v) is 10.3. The molecule has 0 saturated carbocycles. The minimum atomic E-state index is -0.176. The number of amidine groups is 1. The fourth-order valence-corrected chi connectivity index (χ4v) is 7.89. The van der Waals surface area contributed by atoms with Gasteiger partial charge in [0.05, 0.1) is 24.8 Å². The fraction of sp³-hybridized carbons (Fsp3) is 0.222. The Kier molecular flexibility index (Phi) is 7.95. The number of hydrogen-bond donors (Lipinski definition) is 1. The minimum absolute atomic E-state index is 0.176. The highest BCUT2D eigenvalue weighted by atomic mass is 79.9. The Hall–Kier alpha value is -4.01. The SMILES string of the molecule is COc1cc(Br)c(/C=C2\SC(=Nc3cc4c5c(c3)[C@H](c3ccccc3)CCN5CC[C@@H]4c3ccccc3)NC2=O)cc1OC. The first-order chi connectivity index (χ1) is 21.5. The van der Waals surface area contributed by atoms with Gasteiger partial charge in [0, 0.05) is 35.1 Å². The highest BCUT2D eigenvalue weighted by Gasteiger charge is 2.35. The number of methoxy groups -OCH3 is 2. The van der Waals surface area contributed by atoms with Gasteiger partial charge in [0.15, 0.2) is 16.7 Å². The molecule has 0 radical (unpaired) electrons. The van der Waals surface area contributed by atoms with Crippen molar-refractivity contribution in [1.29, 1.82) is 0 Å². The zero-order chi connectivity index (χ0) is 30.2. The number of nitrogens with one attached hydrogen (secondary N) is 1. The maximum Gasteiger partial charge on any atom is 0.264 e. The second kappa shape index (κ2) is 12.2. The van der Waals surface area contributed by atoms with E-state index < -0.39 is 0 Å². The van der Waals surface area contributed by atoms with Crippen LogP contribution in [0.2, 0.25) is 0 Å². The van der Waals surface area contributed by atoms with Crippen molar-refractivity contribution in [3.8, 4) is 11.5 Å². The molecule has 4 aromatic carbocycles. The molecule has 7 rings (SSSR count). The van der Waals surface area contributed by atoms with Gasteiger partial charge in [-0.05, 0) is 82.8 Å². The van der Waals surface area contributed by atoms with Crippen molar-refractivity contribution in [1.82, 2.24) is 5.32 Å². The average molecular weight is 667 g/mol. The minimum Gasteiger partial charge on any atom is -0.493 e. The number of amides is 1. The zero-order valence-electron chi connectivity index (χ0n) is 24.5. The van der Waals surface area contributed by atoms with Crippen LogP contribution in [-0.4, -0.2) is 38.4 Å². The Morgan fingerprint density at radius 3 is 2.00 bits per heavy atom. The first-order valence-electron chi connectivity index (χ1n) is 14.8. The summed E-state index contributed by atoms with van der Waals surface area (Å²) < 4.78 is 11.7. The predicted molar refractivity (Wildman–Crippen MR) is 183 cm³/mol. The first kappa shape index (κ1) is 28.7. The summed E-state index contributed by atoms with van der Waals surface area (Å²) in [6.07, 6.45) is 3.97. The lowest BCUT2D eigenvalue weighted by Crippen LogP contribution is -2.37. The van der Waals surface area contributed by atoms with Crippen molar-refractivity contribution in [3.05, 3.63) is 122 Å². The maximum absolute atomic E-state index is 13.1. The maximum atomic E-state index is 13.1. The molecular weight excluding hydrogens is 634 g/mol. The van der Waals surface area contributed by atoms with Crippen molar-refractivity contribution in [2.75, 3.05) is 32.2 Å². The van der Waals surface area contributed by atoms with Crippen LogP contribution >= 0.6 is 27.7 Å². The van der Waals surface area contributed by atoms with Crippen LogP contribution in [0.4, 0.5) is 11.4 Å². The second-order valence-electron chi connectivity index (χ2n) is 11.2. The number of halogens is 1. The van der Waals surface area contributed by atoms with E-state index in [1.54, 1.807) is 14.2 Å². The molecule has 1 saturated heterocycles. The number of ether oxygens (including phenoxy) is 2. The fourth-order valence-electron chi connectivity index (χ4n) is 6.62. The standard InChI is InChI=1S/C36H32BrN3O3S/c1-42-31-17-24(30(37)21-32(31)43-2)18-33-35(41)39-36(44-33)38-25-19-28-26(22-9-5-3-6-10-22)13-15-40-16-14-27(29(20-25)34(28)40)23-11-7-4-8-12-23/h3-12,17-21,26-27H,13-16H2,1-2H3,(H,38,39,41)/b33-18-/t26-,27+. The summed E-state index contributed by atoms with van der Waals surface area (Å²) in [5.74, 6) is 1.62. The number of nitrogens with zero attached hydrogens (tertiary/aromatic N) is 2. The van der Waals surface area contributed by atoms with E-state index in [-0.39, 0.29) is 5.91 Å². The van der Waals surface area contributed by atoms with Crippen molar-refractivity contribution in [2.24, 2.45) is 4.99 Å². The molecule has 44 heavy (non-hydrogen) atoms. The number of hydrogen-bond acceptors (Lipinski definition) is 6. The molecule has 3 heterocycles. The summed E-state index contributed by atoms with van der Waals surface area (Å²) in [6.45, 7) is 2.08. The summed E-state index contributed by atoms with van der Waals surface area (Å²) in [5, 5.41) is 3.56. The van der Waals surface area contributed by atoms with Gasteiger partial charge < -0.3 is 19.7 Å². The van der Waals surface area contributed by atoms with Crippen LogP contribution in [0.25, 0.3) is 6.08 Å². The van der Waals surface area contributed by atoms with Gasteiger partial charge in [0.25, 0.3) is 5.91 Å². The third kappa shape index (κ3) is 5.41. The summed E-state index contributed by atoms with van der Waals surface area (Å²) >= 11 is 4.95. The van der Waals surface area contributed by atoms with Gasteiger partial charge in [0.1, 0.15) is 0 Å². The molecule has 2 atom stereocenters. The predicted octanol–water partition coefficient (Wildman–Crippen LogP) is 8.24. The lowest BCUT2D eigenvalue weighted by Gasteiger charge is -2.43. The monoisotopic (exact) mass is 665 g/mol. The van der Waals surface area contributed by atoms with E-state index in [9.17, 15) is 4.79 Å². The van der Waals surface area contributed by atoms with Gasteiger partial charge in [-0.25, -0.2) is 4.99 Å². The second-order valence-corrected chi connectivity index (χ2v) is 13.1. The third-order valence-electron chi connectivity index (χ3n) is 8.67. The van der Waals surface area contributed by atoms with Crippen LogP contribution in [0.5, 0.6) is 11.5 Å². The number of thioether (sulfide) groups is 1. The highest BCUT2D eigenvalue weighted by molar-refractivity contribution is 9.10. The summed E-state index contributed by atoms with van der Waals surface area (Å²) in [4.78, 5) is 21.3. The molecular formula is C36H32BrN3O3S. The van der Waals surface area contributed by atoms with E-state index in [1.165, 1.54) is 39.7 Å². The first-order valence-corrected chi connectivity index (χ1v) is 16.4. The van der Waals surface area contributed by atoms with Gasteiger partial charge in [-0.3, -0.25) is 4.79 Å². The smallest absolute Gasteiger partial charge is 0.264 e. The molecule has 0 bridgehead atoms. The van der Waals surface area contributed by atoms with Crippen molar-refractivity contribution >= 4 is 56.2 Å². The molecule has 3 aliphatic heterocycles. The molecule has 6 nitrogen and oxygen atoms in total. The van der Waals surface area contributed by atoms with Gasteiger partial charge in [-0.1, -0.05) is 76.6 Å². The summed E-state index contributed by atoms with van der Waals surface area (Å²) in [7, 11) is 3.20. The summed E-state index contributed by atoms with van der Waals surface area (Å²) in [5.41, 5.74) is 8.33. The Morgan fingerprint density at radius 1 is 0.864 bits per heavy atom. The van der Waals surface area contributed by atoms with E-state index >= 15 is 0 Å². The molecule has 4 aromatic rings. The molecule has 8 heteroatoms. The van der Waals surface area contributed by atoms with Crippen LogP contribution < -0.4 is 19.7 Å². The number of anilines is 1. The topological polar surface area (TPSA) is 63.2 Å². The number of carbonyl (C=O) groups is 1. The van der Waals surface area contributed by atoms with Crippen LogP contribution in [0.1, 0.15) is 52.5 Å². The molecule has 222 valence electrons. The molecule has 0 spiro atoms. The number of aliphatic imine (C=N–C) groups is 1. The van der Waals surface area contributed by atoms with Gasteiger partial charge in [-0.15, -0.1) is 0 Å². The Bertz CT molecular complexity index is 1720. The van der Waals surface area contributed by atoms with E-state index in [2.05, 4.69) is 98.9 Å². The largest absolute Gasteiger partial charge is 0.493 e. The lowest BCUT2D eigenvalue weighted by molar-refractivity contribution is -0.115. The normalized spacial score (nSPS) is 20.9. The van der Waals surface area contributed by atoms with E-state index in [0.29, 0.717) is 33.4 Å². The Morgan fingerprint density at radius 2 is 1.43 bits per heavy atom. The highest BCUT2D eigenvalue weighted by Crippen LogP contribution is 2.50. The quantitative estimate of drug-likeness (QED) is 0.210. The molecule has 1 amide bonds. The zero-order valence-corrected chi connectivity index (χ0v) is 27.0. The summed E-state index contributed by atoms with van der Waals surface area (Å²) in [6, 6.07) is 29.8. The van der Waals surface area contributed by atoms with Gasteiger partial charge in [0.2, 0.25) is 0 Å². The van der Waals surface area contributed by atoms with Crippen LogP contribution in [-0.2, 0) is 4.79 Å². The Labute approximate surface area is 270 Å².